The van der Waals surface area contributed by atoms with E-state index < -0.39 is 0 Å². The molecule has 2 aromatic rings. The number of carbonyl (C=O) groups is 1. The van der Waals surface area contributed by atoms with Crippen LogP contribution in [0.15, 0.2) is 29.4 Å². The first-order chi connectivity index (χ1) is 11.7. The third-order valence-corrected chi connectivity index (χ3v) is 4.99. The van der Waals surface area contributed by atoms with Crippen molar-refractivity contribution < 1.29 is 4.79 Å². The van der Waals surface area contributed by atoms with Crippen LogP contribution in [0, 0.1) is 12.3 Å². The molecule has 0 aliphatic rings. The van der Waals surface area contributed by atoms with Gasteiger partial charge in [-0.2, -0.15) is 0 Å². The summed E-state index contributed by atoms with van der Waals surface area (Å²) in [5.74, 6) is 3.06. The van der Waals surface area contributed by atoms with Crippen LogP contribution in [0.1, 0.15) is 33.3 Å². The summed E-state index contributed by atoms with van der Waals surface area (Å²) in [6.45, 7) is 8.61. The van der Waals surface area contributed by atoms with Crippen molar-refractivity contribution in [1.82, 2.24) is 20.1 Å². The van der Waals surface area contributed by atoms with Gasteiger partial charge in [-0.3, -0.25) is 4.79 Å². The van der Waals surface area contributed by atoms with Crippen LogP contribution in [-0.2, 0) is 17.3 Å². The quantitative estimate of drug-likeness (QED) is 0.661. The van der Waals surface area contributed by atoms with E-state index in [4.69, 9.17) is 6.42 Å². The van der Waals surface area contributed by atoms with Crippen molar-refractivity contribution in [1.29, 1.82) is 0 Å². The van der Waals surface area contributed by atoms with Crippen molar-refractivity contribution in [3.8, 4) is 23.7 Å². The molecule has 1 amide bonds. The minimum atomic E-state index is -0.299. The fourth-order valence-corrected chi connectivity index (χ4v) is 3.12. The molecule has 0 aliphatic carbocycles. The third-order valence-electron chi connectivity index (χ3n) is 3.86. The molecule has 0 bridgehead atoms. The van der Waals surface area contributed by atoms with Gasteiger partial charge in [-0.05, 0) is 17.9 Å². The molecule has 1 aromatic carbocycles. The predicted molar refractivity (Wildman–Crippen MR) is 102 cm³/mol. The lowest BCUT2D eigenvalue weighted by atomic mass is 9.87. The van der Waals surface area contributed by atoms with Gasteiger partial charge in [0, 0.05) is 12.6 Å². The van der Waals surface area contributed by atoms with Crippen LogP contribution in [0.25, 0.3) is 11.4 Å². The molecule has 0 saturated carbocycles. The maximum Gasteiger partial charge on any atom is 0.234 e. The first kappa shape index (κ1) is 19.1. The van der Waals surface area contributed by atoms with Crippen molar-refractivity contribution in [2.75, 3.05) is 6.54 Å². The predicted octanol–water partition coefficient (Wildman–Crippen LogP) is 3.01. The molecule has 1 atom stereocenters. The number of hydrogen-bond acceptors (Lipinski definition) is 4. The molecule has 6 heteroatoms. The maximum absolute atomic E-state index is 11.9. The largest absolute Gasteiger partial charge is 0.344 e. The van der Waals surface area contributed by atoms with Crippen molar-refractivity contribution >= 4 is 17.7 Å². The Hall–Kier alpha value is -2.26. The number of amides is 1. The van der Waals surface area contributed by atoms with Gasteiger partial charge in [-0.1, -0.05) is 62.7 Å². The summed E-state index contributed by atoms with van der Waals surface area (Å²) >= 11 is 1.36. The lowest BCUT2D eigenvalue weighted by Gasteiger charge is -2.19. The van der Waals surface area contributed by atoms with E-state index in [0.29, 0.717) is 5.16 Å². The van der Waals surface area contributed by atoms with E-state index in [2.05, 4.69) is 66.5 Å². The summed E-state index contributed by atoms with van der Waals surface area (Å²) in [7, 11) is 1.90. The number of nitrogens with one attached hydrogen (secondary N) is 1. The van der Waals surface area contributed by atoms with Gasteiger partial charge >= 0.3 is 0 Å². The van der Waals surface area contributed by atoms with E-state index in [0.717, 1.165) is 11.4 Å². The Bertz CT molecular complexity index is 781. The summed E-state index contributed by atoms with van der Waals surface area (Å²) in [5, 5.41) is 11.6. The fourth-order valence-electron chi connectivity index (χ4n) is 2.28. The normalized spacial score (nSPS) is 12.5. The Morgan fingerprint density at radius 1 is 1.32 bits per heavy atom. The lowest BCUT2D eigenvalue weighted by molar-refractivity contribution is -0.120. The molecule has 25 heavy (non-hydrogen) atoms. The molecule has 1 heterocycles. The highest BCUT2D eigenvalue weighted by Crippen LogP contribution is 2.28. The molecule has 5 nitrogen and oxygen atoms in total. The monoisotopic (exact) mass is 356 g/mol. The van der Waals surface area contributed by atoms with Crippen LogP contribution in [0.4, 0.5) is 0 Å². The Kier molecular flexibility index (Phi) is 5.91. The van der Waals surface area contributed by atoms with Gasteiger partial charge in [0.25, 0.3) is 0 Å². The molecule has 1 unspecified atom stereocenters. The zero-order chi connectivity index (χ0) is 18.6. The summed E-state index contributed by atoms with van der Waals surface area (Å²) < 4.78 is 1.90. The van der Waals surface area contributed by atoms with E-state index in [1.807, 2.05) is 18.5 Å². The van der Waals surface area contributed by atoms with Crippen molar-refractivity contribution in [2.24, 2.45) is 7.05 Å². The summed E-state index contributed by atoms with van der Waals surface area (Å²) in [6, 6.07) is 8.35. The van der Waals surface area contributed by atoms with Crippen molar-refractivity contribution in [2.45, 2.75) is 43.5 Å². The summed E-state index contributed by atoms with van der Waals surface area (Å²) in [5.41, 5.74) is 2.38. The molecule has 0 fully saturated rings. The number of rotatable bonds is 5. The van der Waals surface area contributed by atoms with Crippen LogP contribution in [0.2, 0.25) is 0 Å². The molecule has 1 N–H and O–H groups in total. The molecule has 132 valence electrons. The molecule has 0 radical (unpaired) electrons. The summed E-state index contributed by atoms with van der Waals surface area (Å²) in [4.78, 5) is 11.9. The summed E-state index contributed by atoms with van der Waals surface area (Å²) in [6.07, 6.45) is 5.16. The van der Waals surface area contributed by atoms with E-state index in [1.165, 1.54) is 17.3 Å². The number of hydrogen-bond donors (Lipinski definition) is 1. The molecular weight excluding hydrogens is 332 g/mol. The Morgan fingerprint density at radius 2 is 1.96 bits per heavy atom. The molecular formula is C19H24N4OS. The number of thioether (sulfide) groups is 1. The van der Waals surface area contributed by atoms with Gasteiger partial charge in [-0.15, -0.1) is 16.6 Å². The lowest BCUT2D eigenvalue weighted by Crippen LogP contribution is -2.31. The molecule has 0 aliphatic heterocycles. The van der Waals surface area contributed by atoms with Crippen LogP contribution < -0.4 is 5.32 Å². The van der Waals surface area contributed by atoms with Gasteiger partial charge in [0.05, 0.1) is 11.8 Å². The number of aromatic nitrogens is 3. The highest BCUT2D eigenvalue weighted by atomic mass is 32.2. The zero-order valence-corrected chi connectivity index (χ0v) is 16.1. The number of terminal acetylenes is 1. The first-order valence-corrected chi connectivity index (χ1v) is 9.00. The third kappa shape index (κ3) is 4.64. The van der Waals surface area contributed by atoms with Crippen LogP contribution in [-0.4, -0.2) is 32.5 Å². The van der Waals surface area contributed by atoms with Crippen LogP contribution >= 0.6 is 11.8 Å². The highest BCUT2D eigenvalue weighted by molar-refractivity contribution is 8.00. The first-order valence-electron chi connectivity index (χ1n) is 8.12. The number of carbonyl (C=O) groups excluding carboxylic acids is 1. The SMILES string of the molecule is C#CCNC(=O)C(C)Sc1nnc(-c2ccc(C(C)(C)C)cc2)n1C. The van der Waals surface area contributed by atoms with Crippen LogP contribution in [0.5, 0.6) is 0 Å². The molecule has 1 aromatic heterocycles. The fraction of sp³-hybridized carbons (Fsp3) is 0.421. The van der Waals surface area contributed by atoms with Gasteiger partial charge in [0.15, 0.2) is 11.0 Å². The van der Waals surface area contributed by atoms with Crippen molar-refractivity contribution in [3.63, 3.8) is 0 Å². The Labute approximate surface area is 153 Å². The molecule has 0 spiro atoms. The smallest absolute Gasteiger partial charge is 0.234 e. The second kappa shape index (κ2) is 7.75. The minimum absolute atomic E-state index is 0.109. The van der Waals surface area contributed by atoms with E-state index in [1.54, 1.807) is 0 Å². The van der Waals surface area contributed by atoms with E-state index in [9.17, 15) is 4.79 Å². The topological polar surface area (TPSA) is 59.8 Å². The van der Waals surface area contributed by atoms with Gasteiger partial charge in [0.1, 0.15) is 0 Å². The van der Waals surface area contributed by atoms with Gasteiger partial charge in [-0.25, -0.2) is 0 Å². The zero-order valence-electron chi connectivity index (χ0n) is 15.3. The molecule has 2 rings (SSSR count). The Morgan fingerprint density at radius 3 is 2.52 bits per heavy atom. The average Bonchev–Trinajstić information content (AvgIpc) is 2.92. The highest BCUT2D eigenvalue weighted by Gasteiger charge is 2.19. The van der Waals surface area contributed by atoms with Crippen LogP contribution in [0.3, 0.4) is 0 Å². The van der Waals surface area contributed by atoms with Gasteiger partial charge in [0.2, 0.25) is 5.91 Å². The maximum atomic E-state index is 11.9. The minimum Gasteiger partial charge on any atom is -0.344 e. The number of benzene rings is 1. The second-order valence-electron chi connectivity index (χ2n) is 6.87. The van der Waals surface area contributed by atoms with E-state index >= 15 is 0 Å². The second-order valence-corrected chi connectivity index (χ2v) is 8.18. The van der Waals surface area contributed by atoms with Gasteiger partial charge < -0.3 is 9.88 Å². The Balaban J connectivity index is 2.16. The van der Waals surface area contributed by atoms with Crippen molar-refractivity contribution in [3.05, 3.63) is 29.8 Å². The number of nitrogens with zero attached hydrogens (tertiary/aromatic N) is 3. The average molecular weight is 356 g/mol. The van der Waals surface area contributed by atoms with E-state index in [-0.39, 0.29) is 23.1 Å². The standard InChI is InChI=1S/C19H24N4OS/c1-7-12-20-17(24)13(2)25-18-22-21-16(23(18)6)14-8-10-15(11-9-14)19(3,4)5/h1,8-11,13H,12H2,2-6H3,(H,20,24). The molecule has 0 saturated heterocycles.